The topological polar surface area (TPSA) is 37.0 Å². The molecule has 0 aliphatic rings. The average Bonchev–Trinajstić information content (AvgIpc) is 2.34. The number of hydrogen-bond donors (Lipinski definition) is 2. The van der Waals surface area contributed by atoms with Crippen LogP contribution in [0.15, 0.2) is 12.3 Å². The molecule has 0 spiro atoms. The number of nitrogens with one attached hydrogen (secondary N) is 2. The molecule has 0 bridgehead atoms. The Labute approximate surface area is 119 Å². The van der Waals surface area contributed by atoms with Crippen molar-refractivity contribution in [2.75, 3.05) is 18.1 Å². The molecule has 0 aliphatic carbocycles. The molecule has 0 saturated carbocycles. The number of rotatable bonds is 6. The highest BCUT2D eigenvalue weighted by atomic mass is 32.2. The predicted molar refractivity (Wildman–Crippen MR) is 82.3 cm³/mol. The van der Waals surface area contributed by atoms with Crippen LogP contribution < -0.4 is 10.6 Å². The van der Waals surface area contributed by atoms with E-state index in [1.165, 1.54) is 0 Å². The van der Waals surface area contributed by atoms with Gasteiger partial charge in [-0.05, 0) is 33.1 Å². The summed E-state index contributed by atoms with van der Waals surface area (Å²) in [7, 11) is 0. The van der Waals surface area contributed by atoms with Crippen molar-refractivity contribution in [1.82, 2.24) is 10.3 Å². The molecule has 1 heterocycles. The van der Waals surface area contributed by atoms with Crippen LogP contribution in [-0.2, 0) is 6.54 Å². The zero-order valence-electron chi connectivity index (χ0n) is 12.4. The van der Waals surface area contributed by atoms with Crippen LogP contribution in [-0.4, -0.2) is 28.6 Å². The minimum Gasteiger partial charge on any atom is -0.367 e. The number of hydrogen-bond acceptors (Lipinski definition) is 4. The fourth-order valence-electron chi connectivity index (χ4n) is 1.43. The van der Waals surface area contributed by atoms with E-state index in [1.54, 1.807) is 24.0 Å². The van der Waals surface area contributed by atoms with Gasteiger partial charge in [-0.15, -0.1) is 0 Å². The standard InChI is InChI=1S/C14H24FN3S/c1-10(19-5)8-17-13-12(15)11(6-7-16-13)9-18-14(2,3)4/h6-7,10,18H,8-9H2,1-5H3,(H,16,17). The van der Waals surface area contributed by atoms with E-state index in [1.807, 2.05) is 6.26 Å². The number of anilines is 1. The van der Waals surface area contributed by atoms with Gasteiger partial charge in [-0.25, -0.2) is 9.37 Å². The second kappa shape index (κ2) is 7.10. The Balaban J connectivity index is 2.69. The molecular formula is C14H24FN3S. The summed E-state index contributed by atoms with van der Waals surface area (Å²) in [6.45, 7) is 9.49. The summed E-state index contributed by atoms with van der Waals surface area (Å²) in [5.74, 6) is 0.0849. The number of pyridine rings is 1. The van der Waals surface area contributed by atoms with Crippen molar-refractivity contribution in [1.29, 1.82) is 0 Å². The van der Waals surface area contributed by atoms with E-state index in [2.05, 4.69) is 43.3 Å². The molecule has 0 fully saturated rings. The second-order valence-corrected chi connectivity index (χ2v) is 6.94. The van der Waals surface area contributed by atoms with Crippen molar-refractivity contribution in [3.63, 3.8) is 0 Å². The summed E-state index contributed by atoms with van der Waals surface area (Å²) in [4.78, 5) is 4.07. The molecule has 0 aromatic carbocycles. The molecule has 1 unspecified atom stereocenters. The summed E-state index contributed by atoms with van der Waals surface area (Å²) >= 11 is 1.74. The Kier molecular flexibility index (Phi) is 6.07. The first-order valence-electron chi connectivity index (χ1n) is 6.48. The van der Waals surface area contributed by atoms with Crippen LogP contribution in [0.3, 0.4) is 0 Å². The van der Waals surface area contributed by atoms with Crippen LogP contribution in [0.4, 0.5) is 10.2 Å². The third kappa shape index (κ3) is 5.78. The molecule has 0 amide bonds. The number of halogens is 1. The number of thioether (sulfide) groups is 1. The van der Waals surface area contributed by atoms with E-state index in [9.17, 15) is 4.39 Å². The Bertz CT molecular complexity index is 404. The maximum absolute atomic E-state index is 14.2. The highest BCUT2D eigenvalue weighted by molar-refractivity contribution is 7.99. The van der Waals surface area contributed by atoms with E-state index >= 15 is 0 Å². The fraction of sp³-hybridized carbons (Fsp3) is 0.643. The van der Waals surface area contributed by atoms with Gasteiger partial charge in [-0.3, -0.25) is 0 Å². The molecular weight excluding hydrogens is 261 g/mol. The molecule has 0 aliphatic heterocycles. The lowest BCUT2D eigenvalue weighted by atomic mass is 10.1. The molecule has 1 aromatic heterocycles. The van der Waals surface area contributed by atoms with Gasteiger partial charge in [-0.2, -0.15) is 11.8 Å². The van der Waals surface area contributed by atoms with Crippen molar-refractivity contribution in [2.45, 2.75) is 45.0 Å². The van der Waals surface area contributed by atoms with Crippen molar-refractivity contribution in [3.8, 4) is 0 Å². The summed E-state index contributed by atoms with van der Waals surface area (Å²) < 4.78 is 14.2. The van der Waals surface area contributed by atoms with Crippen LogP contribution in [0.25, 0.3) is 0 Å². The van der Waals surface area contributed by atoms with Gasteiger partial charge in [-0.1, -0.05) is 6.92 Å². The summed E-state index contributed by atoms with van der Waals surface area (Å²) in [5, 5.41) is 6.78. The lowest BCUT2D eigenvalue weighted by Crippen LogP contribution is -2.35. The van der Waals surface area contributed by atoms with Crippen LogP contribution in [0.5, 0.6) is 0 Å². The molecule has 2 N–H and O–H groups in total. The predicted octanol–water partition coefficient (Wildman–Crippen LogP) is 3.27. The first kappa shape index (κ1) is 16.2. The third-order valence-electron chi connectivity index (χ3n) is 2.74. The van der Waals surface area contributed by atoms with Gasteiger partial charge in [0.15, 0.2) is 11.6 Å². The van der Waals surface area contributed by atoms with Gasteiger partial charge in [0, 0.05) is 35.6 Å². The van der Waals surface area contributed by atoms with Crippen LogP contribution in [0.1, 0.15) is 33.3 Å². The summed E-state index contributed by atoms with van der Waals surface area (Å²) in [5.41, 5.74) is 0.612. The minimum absolute atomic E-state index is 0.0311. The van der Waals surface area contributed by atoms with Crippen molar-refractivity contribution < 1.29 is 4.39 Å². The number of aromatic nitrogens is 1. The monoisotopic (exact) mass is 285 g/mol. The summed E-state index contributed by atoms with van der Waals surface area (Å²) in [6, 6.07) is 1.72. The minimum atomic E-state index is -0.257. The van der Waals surface area contributed by atoms with Crippen molar-refractivity contribution in [2.24, 2.45) is 0 Å². The van der Waals surface area contributed by atoms with E-state index in [0.29, 0.717) is 29.7 Å². The lowest BCUT2D eigenvalue weighted by Gasteiger charge is -2.21. The van der Waals surface area contributed by atoms with E-state index in [4.69, 9.17) is 0 Å². The molecule has 1 atom stereocenters. The van der Waals surface area contributed by atoms with Gasteiger partial charge in [0.2, 0.25) is 0 Å². The third-order valence-corrected chi connectivity index (χ3v) is 3.71. The fourth-order valence-corrected chi connectivity index (χ4v) is 1.68. The van der Waals surface area contributed by atoms with Crippen LogP contribution in [0, 0.1) is 5.82 Å². The van der Waals surface area contributed by atoms with Crippen LogP contribution >= 0.6 is 11.8 Å². The molecule has 108 valence electrons. The Hall–Kier alpha value is -0.810. The first-order chi connectivity index (χ1) is 8.83. The molecule has 1 aromatic rings. The quantitative estimate of drug-likeness (QED) is 0.841. The Morgan fingerprint density at radius 1 is 1.42 bits per heavy atom. The van der Waals surface area contributed by atoms with E-state index in [0.717, 1.165) is 0 Å². The molecule has 19 heavy (non-hydrogen) atoms. The first-order valence-corrected chi connectivity index (χ1v) is 7.77. The second-order valence-electron chi connectivity index (χ2n) is 5.66. The van der Waals surface area contributed by atoms with Gasteiger partial charge in [0.25, 0.3) is 0 Å². The van der Waals surface area contributed by atoms with Crippen molar-refractivity contribution in [3.05, 3.63) is 23.6 Å². The SMILES string of the molecule is CSC(C)CNc1nccc(CNC(C)(C)C)c1F. The number of nitrogens with zero attached hydrogens (tertiary/aromatic N) is 1. The molecule has 0 radical (unpaired) electrons. The molecule has 3 nitrogen and oxygen atoms in total. The van der Waals surface area contributed by atoms with Gasteiger partial charge < -0.3 is 10.6 Å². The maximum Gasteiger partial charge on any atom is 0.169 e. The van der Waals surface area contributed by atoms with Crippen molar-refractivity contribution >= 4 is 17.6 Å². The van der Waals surface area contributed by atoms with E-state index in [-0.39, 0.29) is 11.4 Å². The van der Waals surface area contributed by atoms with Crippen LogP contribution in [0.2, 0.25) is 0 Å². The van der Waals surface area contributed by atoms with Gasteiger partial charge >= 0.3 is 0 Å². The zero-order chi connectivity index (χ0) is 14.5. The smallest absolute Gasteiger partial charge is 0.169 e. The highest BCUT2D eigenvalue weighted by Gasteiger charge is 2.13. The molecule has 5 heteroatoms. The summed E-state index contributed by atoms with van der Waals surface area (Å²) in [6.07, 6.45) is 3.69. The largest absolute Gasteiger partial charge is 0.367 e. The lowest BCUT2D eigenvalue weighted by molar-refractivity contribution is 0.418. The normalized spacial score (nSPS) is 13.4. The maximum atomic E-state index is 14.2. The average molecular weight is 285 g/mol. The highest BCUT2D eigenvalue weighted by Crippen LogP contribution is 2.17. The molecule has 0 saturated heterocycles. The zero-order valence-corrected chi connectivity index (χ0v) is 13.2. The van der Waals surface area contributed by atoms with E-state index < -0.39 is 0 Å². The Morgan fingerprint density at radius 3 is 2.68 bits per heavy atom. The van der Waals surface area contributed by atoms with Gasteiger partial charge in [0.05, 0.1) is 0 Å². The Morgan fingerprint density at radius 2 is 2.11 bits per heavy atom. The molecule has 1 rings (SSSR count). The van der Waals surface area contributed by atoms with Gasteiger partial charge in [0.1, 0.15) is 0 Å².